The molecule has 0 aromatic heterocycles. The predicted molar refractivity (Wildman–Crippen MR) is 53.1 cm³/mol. The first kappa shape index (κ1) is 11.5. The summed E-state index contributed by atoms with van der Waals surface area (Å²) in [6.45, 7) is 5.84. The maximum absolute atomic E-state index is 11.2. The smallest absolute Gasteiger partial charge is 0.334 e. The molecular formula is C10H19NO3. The van der Waals surface area contributed by atoms with Gasteiger partial charge in [0.15, 0.2) is 6.10 Å². The van der Waals surface area contributed by atoms with Gasteiger partial charge < -0.3 is 14.8 Å². The van der Waals surface area contributed by atoms with Crippen LogP contribution in [0.3, 0.4) is 0 Å². The first-order valence-corrected chi connectivity index (χ1v) is 5.27. The van der Waals surface area contributed by atoms with Crippen LogP contribution in [0.5, 0.6) is 0 Å². The lowest BCUT2D eigenvalue weighted by Gasteiger charge is -2.25. The minimum absolute atomic E-state index is 0.156. The van der Waals surface area contributed by atoms with Crippen molar-refractivity contribution in [2.75, 3.05) is 19.7 Å². The minimum atomic E-state index is -0.445. The molecule has 14 heavy (non-hydrogen) atoms. The first-order valence-electron chi connectivity index (χ1n) is 5.27. The SMILES string of the molecule is CCOC(=O)C(C)OC1CCCNC1. The Labute approximate surface area is 85.0 Å². The van der Waals surface area contributed by atoms with Gasteiger partial charge >= 0.3 is 5.97 Å². The predicted octanol–water partition coefficient (Wildman–Crippen LogP) is 0.707. The van der Waals surface area contributed by atoms with Crippen LogP contribution < -0.4 is 5.32 Å². The quantitative estimate of drug-likeness (QED) is 0.680. The lowest BCUT2D eigenvalue weighted by molar-refractivity contribution is -0.159. The Hall–Kier alpha value is -0.610. The maximum Gasteiger partial charge on any atom is 0.334 e. The van der Waals surface area contributed by atoms with Gasteiger partial charge in [-0.25, -0.2) is 4.79 Å². The van der Waals surface area contributed by atoms with Crippen LogP contribution in [0.4, 0.5) is 0 Å². The van der Waals surface area contributed by atoms with E-state index in [2.05, 4.69) is 5.32 Å². The zero-order valence-corrected chi connectivity index (χ0v) is 8.91. The number of piperidine rings is 1. The van der Waals surface area contributed by atoms with E-state index in [0.29, 0.717) is 6.61 Å². The fourth-order valence-electron chi connectivity index (χ4n) is 1.54. The number of hydrogen-bond acceptors (Lipinski definition) is 4. The van der Waals surface area contributed by atoms with Gasteiger partial charge in [-0.15, -0.1) is 0 Å². The van der Waals surface area contributed by atoms with Crippen LogP contribution in [0.25, 0.3) is 0 Å². The second kappa shape index (κ2) is 5.98. The summed E-state index contributed by atoms with van der Waals surface area (Å²) in [7, 11) is 0. The molecule has 0 aromatic carbocycles. The molecule has 0 spiro atoms. The molecule has 0 amide bonds. The van der Waals surface area contributed by atoms with E-state index in [4.69, 9.17) is 9.47 Å². The number of hydrogen-bond donors (Lipinski definition) is 1. The maximum atomic E-state index is 11.2. The average molecular weight is 201 g/mol. The zero-order chi connectivity index (χ0) is 10.4. The van der Waals surface area contributed by atoms with Crippen molar-refractivity contribution in [3.8, 4) is 0 Å². The van der Waals surface area contributed by atoms with Gasteiger partial charge in [0.25, 0.3) is 0 Å². The molecule has 0 aromatic rings. The van der Waals surface area contributed by atoms with Crippen LogP contribution in [0.15, 0.2) is 0 Å². The van der Waals surface area contributed by atoms with Crippen LogP contribution in [-0.2, 0) is 14.3 Å². The fourth-order valence-corrected chi connectivity index (χ4v) is 1.54. The summed E-state index contributed by atoms with van der Waals surface area (Å²) in [5.74, 6) is -0.266. The van der Waals surface area contributed by atoms with Crippen molar-refractivity contribution in [2.45, 2.75) is 38.9 Å². The summed E-state index contributed by atoms with van der Waals surface area (Å²) < 4.78 is 10.4. The molecule has 1 saturated heterocycles. The van der Waals surface area contributed by atoms with E-state index in [1.54, 1.807) is 13.8 Å². The van der Waals surface area contributed by atoms with Crippen molar-refractivity contribution in [1.82, 2.24) is 5.32 Å². The first-order chi connectivity index (χ1) is 6.74. The van der Waals surface area contributed by atoms with Gasteiger partial charge in [0.2, 0.25) is 0 Å². The Morgan fingerprint density at radius 2 is 2.43 bits per heavy atom. The van der Waals surface area contributed by atoms with Gasteiger partial charge in [-0.05, 0) is 33.2 Å². The van der Waals surface area contributed by atoms with Crippen LogP contribution in [0, 0.1) is 0 Å². The van der Waals surface area contributed by atoms with E-state index < -0.39 is 6.10 Å². The molecule has 1 aliphatic heterocycles. The van der Waals surface area contributed by atoms with E-state index >= 15 is 0 Å². The van der Waals surface area contributed by atoms with Crippen molar-refractivity contribution in [3.63, 3.8) is 0 Å². The Morgan fingerprint density at radius 1 is 1.64 bits per heavy atom. The third-order valence-corrected chi connectivity index (χ3v) is 2.27. The van der Waals surface area contributed by atoms with Crippen molar-refractivity contribution in [3.05, 3.63) is 0 Å². The fraction of sp³-hybridized carbons (Fsp3) is 0.900. The Balaban J connectivity index is 2.24. The van der Waals surface area contributed by atoms with Crippen LogP contribution >= 0.6 is 0 Å². The highest BCUT2D eigenvalue weighted by Gasteiger charge is 2.21. The van der Waals surface area contributed by atoms with Gasteiger partial charge in [-0.2, -0.15) is 0 Å². The highest BCUT2D eigenvalue weighted by atomic mass is 16.6. The lowest BCUT2D eigenvalue weighted by atomic mass is 10.1. The van der Waals surface area contributed by atoms with Crippen molar-refractivity contribution in [2.24, 2.45) is 0 Å². The van der Waals surface area contributed by atoms with E-state index in [-0.39, 0.29) is 12.1 Å². The summed E-state index contributed by atoms with van der Waals surface area (Å²) in [5.41, 5.74) is 0. The molecule has 0 radical (unpaired) electrons. The number of esters is 1. The molecular weight excluding hydrogens is 182 g/mol. The molecule has 1 rings (SSSR count). The number of ether oxygens (including phenoxy) is 2. The van der Waals surface area contributed by atoms with E-state index in [1.165, 1.54) is 0 Å². The lowest BCUT2D eigenvalue weighted by Crippen LogP contribution is -2.39. The zero-order valence-electron chi connectivity index (χ0n) is 8.91. The highest BCUT2D eigenvalue weighted by molar-refractivity contribution is 5.74. The molecule has 2 atom stereocenters. The normalized spacial score (nSPS) is 24.3. The topological polar surface area (TPSA) is 47.6 Å². The van der Waals surface area contributed by atoms with E-state index in [0.717, 1.165) is 25.9 Å². The summed E-state index contributed by atoms with van der Waals surface area (Å²) >= 11 is 0. The molecule has 0 aliphatic carbocycles. The molecule has 0 bridgehead atoms. The molecule has 2 unspecified atom stereocenters. The molecule has 1 aliphatic rings. The van der Waals surface area contributed by atoms with Gasteiger partial charge in [0.1, 0.15) is 0 Å². The molecule has 1 N–H and O–H groups in total. The molecule has 82 valence electrons. The van der Waals surface area contributed by atoms with Crippen LogP contribution in [0.2, 0.25) is 0 Å². The minimum Gasteiger partial charge on any atom is -0.464 e. The van der Waals surface area contributed by atoms with Gasteiger partial charge in [-0.1, -0.05) is 0 Å². The van der Waals surface area contributed by atoms with Gasteiger partial charge in [0, 0.05) is 6.54 Å². The Bertz CT molecular complexity index is 178. The molecule has 4 nitrogen and oxygen atoms in total. The number of carbonyl (C=O) groups excluding carboxylic acids is 1. The third-order valence-electron chi connectivity index (χ3n) is 2.27. The van der Waals surface area contributed by atoms with Crippen LogP contribution in [-0.4, -0.2) is 37.9 Å². The summed E-state index contributed by atoms with van der Waals surface area (Å²) in [5, 5.41) is 3.23. The number of rotatable bonds is 4. The van der Waals surface area contributed by atoms with Crippen molar-refractivity contribution in [1.29, 1.82) is 0 Å². The van der Waals surface area contributed by atoms with Crippen molar-refractivity contribution < 1.29 is 14.3 Å². The molecule has 0 saturated carbocycles. The third kappa shape index (κ3) is 3.64. The average Bonchev–Trinajstić information content (AvgIpc) is 2.19. The largest absolute Gasteiger partial charge is 0.464 e. The van der Waals surface area contributed by atoms with E-state index in [1.807, 2.05) is 0 Å². The Morgan fingerprint density at radius 3 is 3.00 bits per heavy atom. The monoisotopic (exact) mass is 201 g/mol. The van der Waals surface area contributed by atoms with Gasteiger partial charge in [0.05, 0.1) is 12.7 Å². The standard InChI is InChI=1S/C10H19NO3/c1-3-13-10(12)8(2)14-9-5-4-6-11-7-9/h8-9,11H,3-7H2,1-2H3. The van der Waals surface area contributed by atoms with Crippen LogP contribution in [0.1, 0.15) is 26.7 Å². The number of nitrogens with one attached hydrogen (secondary N) is 1. The van der Waals surface area contributed by atoms with E-state index in [9.17, 15) is 4.79 Å². The molecule has 1 fully saturated rings. The Kier molecular flexibility index (Phi) is 4.90. The summed E-state index contributed by atoms with van der Waals surface area (Å²) in [6, 6.07) is 0. The molecule has 4 heteroatoms. The van der Waals surface area contributed by atoms with Gasteiger partial charge in [-0.3, -0.25) is 0 Å². The summed E-state index contributed by atoms with van der Waals surface area (Å²) in [6.07, 6.45) is 1.85. The number of carbonyl (C=O) groups is 1. The second-order valence-electron chi connectivity index (χ2n) is 3.50. The highest BCUT2D eigenvalue weighted by Crippen LogP contribution is 2.09. The summed E-state index contributed by atoms with van der Waals surface area (Å²) in [4.78, 5) is 11.2. The second-order valence-corrected chi connectivity index (χ2v) is 3.50. The van der Waals surface area contributed by atoms with Crippen molar-refractivity contribution >= 4 is 5.97 Å². The molecule has 1 heterocycles.